The van der Waals surface area contributed by atoms with E-state index >= 15 is 0 Å². The van der Waals surface area contributed by atoms with Crippen molar-refractivity contribution in [2.75, 3.05) is 33.3 Å². The number of carbonyl (C=O) groups is 1. The van der Waals surface area contributed by atoms with Crippen molar-refractivity contribution in [1.29, 1.82) is 0 Å². The zero-order valence-corrected chi connectivity index (χ0v) is 22.6. The number of halogens is 1. The Balaban J connectivity index is 1.53. The van der Waals surface area contributed by atoms with Crippen LogP contribution in [-0.4, -0.2) is 68.7 Å². The molecule has 4 rings (SSSR count). The first-order valence-electron chi connectivity index (χ1n) is 12.4. The van der Waals surface area contributed by atoms with Crippen LogP contribution in [0.4, 0.5) is 0 Å². The summed E-state index contributed by atoms with van der Waals surface area (Å²) >= 11 is 6.10. The van der Waals surface area contributed by atoms with E-state index in [1.165, 1.54) is 11.4 Å². The van der Waals surface area contributed by atoms with Gasteiger partial charge in [-0.05, 0) is 48.9 Å². The summed E-state index contributed by atoms with van der Waals surface area (Å²) in [6, 6.07) is 17.4. The van der Waals surface area contributed by atoms with E-state index in [4.69, 9.17) is 21.4 Å². The molecule has 37 heavy (non-hydrogen) atoms. The molecule has 0 bridgehead atoms. The molecule has 0 aliphatic carbocycles. The maximum absolute atomic E-state index is 13.3. The molecule has 2 aliphatic rings. The topological polar surface area (TPSA) is 104 Å². The average molecular weight is 546 g/mol. The third kappa shape index (κ3) is 6.68. The van der Waals surface area contributed by atoms with Crippen LogP contribution in [0.5, 0.6) is 0 Å². The molecule has 1 saturated heterocycles. The Labute approximate surface area is 223 Å². The highest BCUT2D eigenvalue weighted by molar-refractivity contribution is 7.87. The predicted octanol–water partition coefficient (Wildman–Crippen LogP) is 3.63. The Morgan fingerprint density at radius 2 is 1.89 bits per heavy atom. The number of ether oxygens (including phenoxy) is 1. The van der Waals surface area contributed by atoms with Gasteiger partial charge in [0.15, 0.2) is 0 Å². The Morgan fingerprint density at radius 3 is 2.57 bits per heavy atom. The number of hydrazone groups is 1. The molecule has 0 amide bonds. The molecule has 2 atom stereocenters. The number of aliphatic imine (C=N–C) groups is 1. The average Bonchev–Trinajstić information content (AvgIpc) is 3.34. The van der Waals surface area contributed by atoms with Gasteiger partial charge in [-0.15, -0.1) is 0 Å². The number of carbonyl (C=O) groups excluding carboxylic acids is 1. The Morgan fingerprint density at radius 1 is 1.16 bits per heavy atom. The lowest BCUT2D eigenvalue weighted by atomic mass is 9.91. The van der Waals surface area contributed by atoms with Crippen molar-refractivity contribution in [2.24, 2.45) is 16.0 Å². The van der Waals surface area contributed by atoms with Crippen molar-refractivity contribution in [2.45, 2.75) is 32.1 Å². The van der Waals surface area contributed by atoms with Crippen LogP contribution in [-0.2, 0) is 19.7 Å². The van der Waals surface area contributed by atoms with Gasteiger partial charge in [-0.2, -0.15) is 17.8 Å². The van der Waals surface area contributed by atoms with Gasteiger partial charge in [-0.3, -0.25) is 9.79 Å². The van der Waals surface area contributed by atoms with Gasteiger partial charge in [0.2, 0.25) is 5.96 Å². The number of piperidine rings is 1. The van der Waals surface area contributed by atoms with E-state index in [9.17, 15) is 13.2 Å². The zero-order valence-electron chi connectivity index (χ0n) is 21.0. The first kappa shape index (κ1) is 27.1. The maximum Gasteiger partial charge on any atom is 0.306 e. The van der Waals surface area contributed by atoms with Crippen molar-refractivity contribution in [3.05, 3.63) is 70.7 Å². The standard InChI is InChI=1S/C26H32ClN5O4S/c1-3-36-24(33)16-19-8-7-15-31(17-19)37(34,35)30-26(28-2)32-18-23(20-9-5-4-6-10-20)25(29-32)21-11-13-22(27)14-12-21/h4-6,9-14,19,23H,3,7-8,15-18H2,1-2H3,(H,28,30). The Kier molecular flexibility index (Phi) is 8.83. The lowest BCUT2D eigenvalue weighted by molar-refractivity contribution is -0.144. The van der Waals surface area contributed by atoms with Gasteiger partial charge in [0.1, 0.15) is 0 Å². The van der Waals surface area contributed by atoms with E-state index in [0.717, 1.165) is 23.3 Å². The van der Waals surface area contributed by atoms with Crippen molar-refractivity contribution in [3.8, 4) is 0 Å². The van der Waals surface area contributed by atoms with Gasteiger partial charge in [0.25, 0.3) is 0 Å². The molecule has 2 heterocycles. The third-order valence-corrected chi connectivity index (χ3v) is 8.22. The van der Waals surface area contributed by atoms with Crippen LogP contribution in [0.25, 0.3) is 0 Å². The zero-order chi connectivity index (χ0) is 26.4. The summed E-state index contributed by atoms with van der Waals surface area (Å²) in [7, 11) is -2.38. The van der Waals surface area contributed by atoms with Crippen LogP contribution in [0.1, 0.15) is 43.2 Å². The normalized spacial score (nSPS) is 21.0. The lowest BCUT2D eigenvalue weighted by Crippen LogP contribution is -2.51. The smallest absolute Gasteiger partial charge is 0.306 e. The largest absolute Gasteiger partial charge is 0.466 e. The fourth-order valence-electron chi connectivity index (χ4n) is 4.72. The van der Waals surface area contributed by atoms with Crippen molar-refractivity contribution in [3.63, 3.8) is 0 Å². The highest BCUT2D eigenvalue weighted by atomic mass is 35.5. The summed E-state index contributed by atoms with van der Waals surface area (Å²) in [5.74, 6) is -0.344. The second kappa shape index (κ2) is 12.1. The summed E-state index contributed by atoms with van der Waals surface area (Å²) in [5.41, 5.74) is 2.77. The number of hydrogen-bond donors (Lipinski definition) is 1. The Bertz CT molecular complexity index is 1250. The van der Waals surface area contributed by atoms with Crippen molar-refractivity contribution < 1.29 is 17.9 Å². The number of nitrogens with one attached hydrogen (secondary N) is 1. The van der Waals surface area contributed by atoms with Crippen LogP contribution in [0, 0.1) is 5.92 Å². The number of guanidine groups is 1. The molecule has 2 unspecified atom stereocenters. The van der Waals surface area contributed by atoms with E-state index in [-0.39, 0.29) is 36.7 Å². The molecule has 198 valence electrons. The minimum Gasteiger partial charge on any atom is -0.466 e. The number of esters is 1. The van der Waals surface area contributed by atoms with Crippen LogP contribution in [0.3, 0.4) is 0 Å². The number of benzene rings is 2. The molecule has 1 N–H and O–H groups in total. The maximum atomic E-state index is 13.3. The van der Waals surface area contributed by atoms with Gasteiger partial charge >= 0.3 is 16.2 Å². The van der Waals surface area contributed by atoms with Crippen molar-refractivity contribution >= 4 is 39.5 Å². The number of rotatable bonds is 7. The van der Waals surface area contributed by atoms with E-state index in [1.54, 1.807) is 11.9 Å². The molecule has 0 radical (unpaired) electrons. The molecule has 2 aromatic rings. The monoisotopic (exact) mass is 545 g/mol. The van der Waals surface area contributed by atoms with E-state index in [0.29, 0.717) is 31.1 Å². The SMILES string of the molecule is CCOC(=O)CC1CCCN(S(=O)(=O)NC(=NC)N2CC(c3ccccc3)C(c3ccc(Cl)cc3)=N2)C1. The number of hydrogen-bond acceptors (Lipinski definition) is 6. The van der Waals surface area contributed by atoms with E-state index in [1.807, 2.05) is 54.6 Å². The summed E-state index contributed by atoms with van der Waals surface area (Å²) in [4.78, 5) is 16.2. The molecule has 9 nitrogen and oxygen atoms in total. The first-order valence-corrected chi connectivity index (χ1v) is 14.2. The van der Waals surface area contributed by atoms with Crippen LogP contribution in [0.15, 0.2) is 64.7 Å². The lowest BCUT2D eigenvalue weighted by Gasteiger charge is -2.32. The molecule has 11 heteroatoms. The highest BCUT2D eigenvalue weighted by Crippen LogP contribution is 2.30. The molecule has 2 aromatic carbocycles. The predicted molar refractivity (Wildman–Crippen MR) is 145 cm³/mol. The highest BCUT2D eigenvalue weighted by Gasteiger charge is 2.35. The van der Waals surface area contributed by atoms with Gasteiger partial charge in [-0.25, -0.2) is 9.73 Å². The van der Waals surface area contributed by atoms with E-state index in [2.05, 4.69) is 9.71 Å². The molecular formula is C26H32ClN5O4S. The molecular weight excluding hydrogens is 514 g/mol. The fraction of sp³-hybridized carbons (Fsp3) is 0.423. The van der Waals surface area contributed by atoms with Gasteiger partial charge in [0, 0.05) is 37.5 Å². The molecule has 2 aliphatic heterocycles. The second-order valence-electron chi connectivity index (χ2n) is 9.07. The number of nitrogens with zero attached hydrogens (tertiary/aromatic N) is 4. The van der Waals surface area contributed by atoms with Crippen molar-refractivity contribution in [1.82, 2.24) is 14.0 Å². The molecule has 1 fully saturated rings. The molecule has 0 aromatic heterocycles. The second-order valence-corrected chi connectivity index (χ2v) is 11.2. The molecule has 0 saturated carbocycles. The summed E-state index contributed by atoms with van der Waals surface area (Å²) in [6.45, 7) is 3.10. The van der Waals surface area contributed by atoms with Crippen LogP contribution < -0.4 is 4.72 Å². The summed E-state index contributed by atoms with van der Waals surface area (Å²) in [6.07, 6.45) is 1.65. The van der Waals surface area contributed by atoms with E-state index < -0.39 is 10.2 Å². The van der Waals surface area contributed by atoms with Crippen LogP contribution >= 0.6 is 11.6 Å². The third-order valence-electron chi connectivity index (χ3n) is 6.51. The molecule has 0 spiro atoms. The fourth-order valence-corrected chi connectivity index (χ4v) is 6.18. The van der Waals surface area contributed by atoms with Gasteiger partial charge in [-0.1, -0.05) is 54.1 Å². The minimum absolute atomic E-state index is 0.0878. The summed E-state index contributed by atoms with van der Waals surface area (Å²) in [5, 5.41) is 7.01. The van der Waals surface area contributed by atoms with Gasteiger partial charge < -0.3 is 4.74 Å². The first-order chi connectivity index (χ1) is 17.8. The van der Waals surface area contributed by atoms with Crippen LogP contribution in [0.2, 0.25) is 5.02 Å². The quantitative estimate of drug-likeness (QED) is 0.325. The Hall–Kier alpha value is -2.95. The van der Waals surface area contributed by atoms with Gasteiger partial charge in [0.05, 0.1) is 18.9 Å². The summed E-state index contributed by atoms with van der Waals surface area (Å²) < 4.78 is 35.7. The minimum atomic E-state index is -3.91.